The van der Waals surface area contributed by atoms with E-state index in [1.54, 1.807) is 31.3 Å². The summed E-state index contributed by atoms with van der Waals surface area (Å²) in [7, 11) is 1.67. The minimum Gasteiger partial charge on any atom is -0.346 e. The fraction of sp³-hybridized carbons (Fsp3) is 0.350. The highest BCUT2D eigenvalue weighted by Gasteiger charge is 2.18. The quantitative estimate of drug-likeness (QED) is 0.841. The first-order valence-corrected chi connectivity index (χ1v) is 8.84. The lowest BCUT2D eigenvalue weighted by Crippen LogP contribution is -2.26. The van der Waals surface area contributed by atoms with Gasteiger partial charge in [-0.1, -0.05) is 6.58 Å². The molecule has 0 unspecified atom stereocenters. The number of aryl methyl sites for hydroxylation is 2. The number of fused-ring (bicyclic) bond motifs is 1. The van der Waals surface area contributed by atoms with Gasteiger partial charge >= 0.3 is 0 Å². The van der Waals surface area contributed by atoms with Crippen molar-refractivity contribution in [2.45, 2.75) is 39.3 Å². The van der Waals surface area contributed by atoms with Crippen molar-refractivity contribution in [3.8, 4) is 0 Å². The molecule has 0 atom stereocenters. The Balaban J connectivity index is 1.66. The van der Waals surface area contributed by atoms with Gasteiger partial charge in [-0.05, 0) is 50.1 Å². The number of aromatic nitrogens is 2. The molecule has 2 aromatic rings. The topological polar surface area (TPSA) is 67.2 Å². The van der Waals surface area contributed by atoms with Crippen LogP contribution < -0.4 is 10.2 Å². The Labute approximate surface area is 153 Å². The van der Waals surface area contributed by atoms with Gasteiger partial charge in [0.1, 0.15) is 5.82 Å². The fourth-order valence-electron chi connectivity index (χ4n) is 3.27. The number of carbonyl (C=O) groups excluding carboxylic acids is 2. The van der Waals surface area contributed by atoms with E-state index >= 15 is 0 Å². The van der Waals surface area contributed by atoms with Crippen LogP contribution in [0.5, 0.6) is 0 Å². The van der Waals surface area contributed by atoms with Crippen molar-refractivity contribution in [3.63, 3.8) is 0 Å². The molecule has 0 bridgehead atoms. The predicted molar refractivity (Wildman–Crippen MR) is 101 cm³/mol. The SMILES string of the molecule is C=CC(=O)N(C)c1ccc(C(=O)NCc2c(C)nc3n2CCCC3)cc1. The highest BCUT2D eigenvalue weighted by atomic mass is 16.2. The maximum Gasteiger partial charge on any atom is 0.251 e. The Morgan fingerprint density at radius 3 is 2.73 bits per heavy atom. The van der Waals surface area contributed by atoms with Crippen LogP contribution in [-0.4, -0.2) is 28.4 Å². The summed E-state index contributed by atoms with van der Waals surface area (Å²) < 4.78 is 2.23. The lowest BCUT2D eigenvalue weighted by atomic mass is 10.1. The van der Waals surface area contributed by atoms with Crippen molar-refractivity contribution in [2.75, 3.05) is 11.9 Å². The van der Waals surface area contributed by atoms with Crippen molar-refractivity contribution < 1.29 is 9.59 Å². The third-order valence-electron chi connectivity index (χ3n) is 4.82. The van der Waals surface area contributed by atoms with E-state index in [1.807, 2.05) is 6.92 Å². The molecule has 6 nitrogen and oxygen atoms in total. The molecule has 1 aromatic heterocycles. The molecule has 0 radical (unpaired) electrons. The number of carbonyl (C=O) groups is 2. The lowest BCUT2D eigenvalue weighted by Gasteiger charge is -2.17. The minimum atomic E-state index is -0.191. The number of hydrogen-bond acceptors (Lipinski definition) is 3. The van der Waals surface area contributed by atoms with Crippen LogP contribution in [-0.2, 0) is 24.3 Å². The number of amides is 2. The Morgan fingerprint density at radius 2 is 2.04 bits per heavy atom. The van der Waals surface area contributed by atoms with E-state index in [0.29, 0.717) is 17.8 Å². The first-order chi connectivity index (χ1) is 12.5. The number of nitrogens with zero attached hydrogens (tertiary/aromatic N) is 3. The molecule has 26 heavy (non-hydrogen) atoms. The summed E-state index contributed by atoms with van der Waals surface area (Å²) in [5.74, 6) is 0.792. The van der Waals surface area contributed by atoms with Gasteiger partial charge in [-0.15, -0.1) is 0 Å². The molecule has 0 fully saturated rings. The third-order valence-corrected chi connectivity index (χ3v) is 4.82. The van der Waals surface area contributed by atoms with Crippen molar-refractivity contribution >= 4 is 17.5 Å². The van der Waals surface area contributed by atoms with Gasteiger partial charge < -0.3 is 14.8 Å². The van der Waals surface area contributed by atoms with Crippen LogP contribution in [0.3, 0.4) is 0 Å². The molecule has 136 valence electrons. The Hall–Kier alpha value is -2.89. The van der Waals surface area contributed by atoms with Crippen LogP contribution >= 0.6 is 0 Å². The van der Waals surface area contributed by atoms with Gasteiger partial charge in [0.05, 0.1) is 17.9 Å². The minimum absolute atomic E-state index is 0.139. The zero-order valence-corrected chi connectivity index (χ0v) is 15.3. The van der Waals surface area contributed by atoms with E-state index in [0.717, 1.165) is 36.6 Å². The van der Waals surface area contributed by atoms with Crippen molar-refractivity contribution in [1.29, 1.82) is 0 Å². The summed E-state index contributed by atoms with van der Waals surface area (Å²) >= 11 is 0. The normalized spacial score (nSPS) is 13.0. The van der Waals surface area contributed by atoms with Crippen molar-refractivity contribution in [1.82, 2.24) is 14.9 Å². The van der Waals surface area contributed by atoms with Gasteiger partial charge in [-0.25, -0.2) is 4.98 Å². The second kappa shape index (κ2) is 7.56. The Morgan fingerprint density at radius 1 is 1.31 bits per heavy atom. The third kappa shape index (κ3) is 3.54. The average Bonchev–Trinajstić information content (AvgIpc) is 3.00. The van der Waals surface area contributed by atoms with E-state index in [4.69, 9.17) is 0 Å². The van der Waals surface area contributed by atoms with E-state index < -0.39 is 0 Å². The molecule has 1 N–H and O–H groups in total. The van der Waals surface area contributed by atoms with Crippen LogP contribution in [0.15, 0.2) is 36.9 Å². The standard InChI is InChI=1S/C20H24N4O2/c1-4-19(25)23(3)16-10-8-15(9-11-16)20(26)21-13-17-14(2)22-18-7-5-6-12-24(17)18/h4,8-11H,1,5-7,12-13H2,2-3H3,(H,21,26). The van der Waals surface area contributed by atoms with E-state index in [-0.39, 0.29) is 11.8 Å². The fourth-order valence-corrected chi connectivity index (χ4v) is 3.27. The van der Waals surface area contributed by atoms with E-state index in [9.17, 15) is 9.59 Å². The molecule has 2 amide bonds. The van der Waals surface area contributed by atoms with Crippen molar-refractivity contribution in [3.05, 3.63) is 59.7 Å². The summed E-state index contributed by atoms with van der Waals surface area (Å²) in [6.07, 6.45) is 4.60. The van der Waals surface area contributed by atoms with E-state index in [2.05, 4.69) is 21.4 Å². The summed E-state index contributed by atoms with van der Waals surface area (Å²) in [5.41, 5.74) is 3.35. The molecule has 1 aliphatic rings. The number of anilines is 1. The van der Waals surface area contributed by atoms with Crippen LogP contribution in [0.4, 0.5) is 5.69 Å². The molecular formula is C20H24N4O2. The van der Waals surface area contributed by atoms with Gasteiger partial charge in [0.25, 0.3) is 5.91 Å². The maximum atomic E-state index is 12.5. The van der Waals surface area contributed by atoms with Crippen LogP contribution in [0.1, 0.15) is 40.4 Å². The molecule has 0 saturated heterocycles. The molecule has 0 aliphatic carbocycles. The zero-order valence-electron chi connectivity index (χ0n) is 15.3. The molecule has 3 rings (SSSR count). The number of rotatable bonds is 5. The van der Waals surface area contributed by atoms with Gasteiger partial charge in [0.15, 0.2) is 0 Å². The Kier molecular flexibility index (Phi) is 5.21. The number of likely N-dealkylation sites (N-methyl/N-ethyl adjacent to an activating group) is 1. The summed E-state index contributed by atoms with van der Waals surface area (Å²) in [6.45, 7) is 6.91. The number of imidazole rings is 1. The molecule has 0 spiro atoms. The largest absolute Gasteiger partial charge is 0.346 e. The van der Waals surface area contributed by atoms with Gasteiger partial charge in [0, 0.05) is 31.3 Å². The van der Waals surface area contributed by atoms with Gasteiger partial charge in [-0.2, -0.15) is 0 Å². The Bertz CT molecular complexity index is 836. The highest BCUT2D eigenvalue weighted by molar-refractivity contribution is 6.01. The average molecular weight is 352 g/mol. The second-order valence-corrected chi connectivity index (χ2v) is 6.50. The molecule has 0 saturated carbocycles. The zero-order chi connectivity index (χ0) is 18.7. The van der Waals surface area contributed by atoms with Gasteiger partial charge in [-0.3, -0.25) is 9.59 Å². The molecule has 6 heteroatoms. The second-order valence-electron chi connectivity index (χ2n) is 6.50. The number of nitrogens with one attached hydrogen (secondary N) is 1. The van der Waals surface area contributed by atoms with Crippen LogP contribution in [0.25, 0.3) is 0 Å². The summed E-state index contributed by atoms with van der Waals surface area (Å²) in [4.78, 5) is 30.2. The predicted octanol–water partition coefficient (Wildman–Crippen LogP) is 2.61. The molecular weight excluding hydrogens is 328 g/mol. The van der Waals surface area contributed by atoms with Gasteiger partial charge in [0.2, 0.25) is 5.91 Å². The first kappa shape index (κ1) is 17.9. The highest BCUT2D eigenvalue weighted by Crippen LogP contribution is 2.19. The monoisotopic (exact) mass is 352 g/mol. The summed E-state index contributed by atoms with van der Waals surface area (Å²) in [6, 6.07) is 6.94. The molecule has 2 heterocycles. The summed E-state index contributed by atoms with van der Waals surface area (Å²) in [5, 5.41) is 2.98. The van der Waals surface area contributed by atoms with Crippen LogP contribution in [0, 0.1) is 6.92 Å². The van der Waals surface area contributed by atoms with Crippen LogP contribution in [0.2, 0.25) is 0 Å². The first-order valence-electron chi connectivity index (χ1n) is 8.84. The lowest BCUT2D eigenvalue weighted by molar-refractivity contribution is -0.113. The molecule has 1 aromatic carbocycles. The van der Waals surface area contributed by atoms with E-state index in [1.165, 1.54) is 17.4 Å². The number of hydrogen-bond donors (Lipinski definition) is 1. The maximum absolute atomic E-state index is 12.5. The van der Waals surface area contributed by atoms with Crippen molar-refractivity contribution in [2.24, 2.45) is 0 Å². The molecule has 1 aliphatic heterocycles. The smallest absolute Gasteiger partial charge is 0.251 e. The number of benzene rings is 1.